The molecular weight excluding hydrogens is 268 g/mol. The summed E-state index contributed by atoms with van der Waals surface area (Å²) in [6.45, 7) is 3.54. The van der Waals surface area contributed by atoms with Crippen molar-refractivity contribution in [2.75, 3.05) is 18.4 Å². The van der Waals surface area contributed by atoms with Crippen LogP contribution in [-0.4, -0.2) is 35.8 Å². The van der Waals surface area contributed by atoms with E-state index in [0.717, 1.165) is 17.7 Å². The average molecular weight is 290 g/mol. The van der Waals surface area contributed by atoms with Crippen LogP contribution in [0.15, 0.2) is 24.3 Å². The lowest BCUT2D eigenvalue weighted by Crippen LogP contribution is -2.41. The molecule has 2 atom stereocenters. The fourth-order valence-electron chi connectivity index (χ4n) is 2.56. The van der Waals surface area contributed by atoms with E-state index in [1.165, 1.54) is 0 Å². The van der Waals surface area contributed by atoms with Gasteiger partial charge >= 0.3 is 0 Å². The molecule has 1 aromatic rings. The zero-order chi connectivity index (χ0) is 15.4. The topological polar surface area (TPSA) is 101 Å². The van der Waals surface area contributed by atoms with Crippen LogP contribution in [0.25, 0.3) is 0 Å². The standard InChI is InChI=1S/C15H22N4O2/c1-10(19-6-5-12(9-19)14(17)20)15(21)18-13-4-2-3-11(7-13)8-16/h2-4,7,10,12H,5-6,8-9,16H2,1H3,(H2,17,20)(H,18,21). The molecule has 2 unspecified atom stereocenters. The molecule has 1 fully saturated rings. The van der Waals surface area contributed by atoms with Crippen molar-refractivity contribution in [1.82, 2.24) is 4.90 Å². The lowest BCUT2D eigenvalue weighted by atomic mass is 10.1. The summed E-state index contributed by atoms with van der Waals surface area (Å²) < 4.78 is 0. The molecule has 1 aliphatic rings. The number of carbonyl (C=O) groups is 2. The van der Waals surface area contributed by atoms with Gasteiger partial charge in [0.05, 0.1) is 12.0 Å². The van der Waals surface area contributed by atoms with Crippen LogP contribution < -0.4 is 16.8 Å². The monoisotopic (exact) mass is 290 g/mol. The Bertz CT molecular complexity index is 532. The first-order chi connectivity index (χ1) is 10.0. The molecule has 1 aromatic carbocycles. The maximum Gasteiger partial charge on any atom is 0.241 e. The molecule has 0 saturated carbocycles. The van der Waals surface area contributed by atoms with Gasteiger partial charge in [0, 0.05) is 18.8 Å². The summed E-state index contributed by atoms with van der Waals surface area (Å²) in [4.78, 5) is 25.4. The Morgan fingerprint density at radius 3 is 2.86 bits per heavy atom. The number of hydrogen-bond donors (Lipinski definition) is 3. The van der Waals surface area contributed by atoms with Crippen molar-refractivity contribution in [1.29, 1.82) is 0 Å². The first-order valence-corrected chi connectivity index (χ1v) is 7.14. The van der Waals surface area contributed by atoms with Crippen LogP contribution in [0.1, 0.15) is 18.9 Å². The highest BCUT2D eigenvalue weighted by molar-refractivity contribution is 5.94. The Balaban J connectivity index is 1.95. The highest BCUT2D eigenvalue weighted by atomic mass is 16.2. The van der Waals surface area contributed by atoms with Crippen molar-refractivity contribution >= 4 is 17.5 Å². The van der Waals surface area contributed by atoms with Crippen LogP contribution >= 0.6 is 0 Å². The average Bonchev–Trinajstić information content (AvgIpc) is 2.96. The highest BCUT2D eigenvalue weighted by Gasteiger charge is 2.32. The summed E-state index contributed by atoms with van der Waals surface area (Å²) in [7, 11) is 0. The molecule has 6 nitrogen and oxygen atoms in total. The number of hydrogen-bond acceptors (Lipinski definition) is 4. The zero-order valence-corrected chi connectivity index (χ0v) is 12.2. The first kappa shape index (κ1) is 15.5. The summed E-state index contributed by atoms with van der Waals surface area (Å²) in [6, 6.07) is 7.18. The van der Waals surface area contributed by atoms with Gasteiger partial charge in [0.1, 0.15) is 0 Å². The van der Waals surface area contributed by atoms with Crippen molar-refractivity contribution in [2.24, 2.45) is 17.4 Å². The molecule has 1 aliphatic heterocycles. The van der Waals surface area contributed by atoms with E-state index in [1.54, 1.807) is 0 Å². The summed E-state index contributed by atoms with van der Waals surface area (Å²) in [5, 5.41) is 2.89. The van der Waals surface area contributed by atoms with Crippen LogP contribution in [0.4, 0.5) is 5.69 Å². The maximum absolute atomic E-state index is 12.3. The van der Waals surface area contributed by atoms with Crippen LogP contribution in [0.5, 0.6) is 0 Å². The van der Waals surface area contributed by atoms with Crippen LogP contribution in [-0.2, 0) is 16.1 Å². The molecule has 114 valence electrons. The molecule has 0 radical (unpaired) electrons. The van der Waals surface area contributed by atoms with E-state index < -0.39 is 0 Å². The summed E-state index contributed by atoms with van der Waals surface area (Å²) in [5.74, 6) is -0.532. The summed E-state index contributed by atoms with van der Waals surface area (Å²) >= 11 is 0. The van der Waals surface area contributed by atoms with Crippen molar-refractivity contribution in [3.05, 3.63) is 29.8 Å². The van der Waals surface area contributed by atoms with Gasteiger partial charge in [-0.1, -0.05) is 12.1 Å². The first-order valence-electron chi connectivity index (χ1n) is 7.14. The van der Waals surface area contributed by atoms with E-state index >= 15 is 0 Å². The largest absolute Gasteiger partial charge is 0.369 e. The van der Waals surface area contributed by atoms with E-state index in [9.17, 15) is 9.59 Å². The van der Waals surface area contributed by atoms with E-state index in [2.05, 4.69) is 5.32 Å². The van der Waals surface area contributed by atoms with Crippen LogP contribution in [0.2, 0.25) is 0 Å². The van der Waals surface area contributed by atoms with Gasteiger partial charge in [-0.05, 0) is 37.6 Å². The molecule has 0 aromatic heterocycles. The number of nitrogens with one attached hydrogen (secondary N) is 1. The molecule has 5 N–H and O–H groups in total. The van der Waals surface area contributed by atoms with Gasteiger partial charge < -0.3 is 16.8 Å². The van der Waals surface area contributed by atoms with Gasteiger partial charge in [-0.25, -0.2) is 0 Å². The number of likely N-dealkylation sites (tertiary alicyclic amines) is 1. The minimum atomic E-state index is -0.295. The van der Waals surface area contributed by atoms with Gasteiger partial charge in [-0.3, -0.25) is 14.5 Å². The third-order valence-corrected chi connectivity index (χ3v) is 3.98. The smallest absolute Gasteiger partial charge is 0.241 e. The highest BCUT2D eigenvalue weighted by Crippen LogP contribution is 2.19. The third-order valence-electron chi connectivity index (χ3n) is 3.98. The quantitative estimate of drug-likeness (QED) is 0.725. The number of nitrogens with zero attached hydrogens (tertiary/aromatic N) is 1. The molecular formula is C15H22N4O2. The minimum Gasteiger partial charge on any atom is -0.369 e. The number of rotatable bonds is 5. The molecule has 2 rings (SSSR count). The molecule has 6 heteroatoms. The van der Waals surface area contributed by atoms with E-state index in [1.807, 2.05) is 36.1 Å². The third kappa shape index (κ3) is 3.80. The van der Waals surface area contributed by atoms with E-state index in [4.69, 9.17) is 11.5 Å². The fraction of sp³-hybridized carbons (Fsp3) is 0.467. The van der Waals surface area contributed by atoms with E-state index in [-0.39, 0.29) is 23.8 Å². The Kier molecular flexibility index (Phi) is 4.93. The second kappa shape index (κ2) is 6.69. The molecule has 2 amide bonds. The fourth-order valence-corrected chi connectivity index (χ4v) is 2.56. The molecule has 0 spiro atoms. The zero-order valence-electron chi connectivity index (χ0n) is 12.2. The predicted octanol–water partition coefficient (Wildman–Crippen LogP) is 0.280. The number of anilines is 1. The number of benzene rings is 1. The van der Waals surface area contributed by atoms with Crippen LogP contribution in [0, 0.1) is 5.92 Å². The lowest BCUT2D eigenvalue weighted by molar-refractivity contribution is -0.123. The minimum absolute atomic E-state index is 0.0886. The normalized spacial score (nSPS) is 20.2. The van der Waals surface area contributed by atoms with E-state index in [0.29, 0.717) is 19.6 Å². The van der Waals surface area contributed by atoms with Crippen molar-refractivity contribution < 1.29 is 9.59 Å². The van der Waals surface area contributed by atoms with Gasteiger partial charge in [-0.2, -0.15) is 0 Å². The number of nitrogens with two attached hydrogens (primary N) is 2. The molecule has 1 heterocycles. The molecule has 0 bridgehead atoms. The van der Waals surface area contributed by atoms with Gasteiger partial charge in [0.2, 0.25) is 11.8 Å². The molecule has 0 aliphatic carbocycles. The van der Waals surface area contributed by atoms with Crippen LogP contribution in [0.3, 0.4) is 0 Å². The Labute approximate surface area is 124 Å². The summed E-state index contributed by atoms with van der Waals surface area (Å²) in [6.07, 6.45) is 0.718. The van der Waals surface area contributed by atoms with Gasteiger partial charge in [0.25, 0.3) is 0 Å². The number of primary amides is 1. The number of amides is 2. The number of carbonyl (C=O) groups excluding carboxylic acids is 2. The van der Waals surface area contributed by atoms with Crippen molar-refractivity contribution in [3.8, 4) is 0 Å². The van der Waals surface area contributed by atoms with Gasteiger partial charge in [-0.15, -0.1) is 0 Å². The Hall–Kier alpha value is -1.92. The molecule has 21 heavy (non-hydrogen) atoms. The Morgan fingerprint density at radius 1 is 1.48 bits per heavy atom. The second-order valence-electron chi connectivity index (χ2n) is 5.45. The molecule has 1 saturated heterocycles. The maximum atomic E-state index is 12.3. The lowest BCUT2D eigenvalue weighted by Gasteiger charge is -2.23. The SMILES string of the molecule is CC(C(=O)Nc1cccc(CN)c1)N1CCC(C(N)=O)C1. The van der Waals surface area contributed by atoms with Gasteiger partial charge in [0.15, 0.2) is 0 Å². The van der Waals surface area contributed by atoms with Crippen molar-refractivity contribution in [3.63, 3.8) is 0 Å². The Morgan fingerprint density at radius 2 is 2.24 bits per heavy atom. The summed E-state index contributed by atoms with van der Waals surface area (Å²) in [5.41, 5.74) is 12.6. The predicted molar refractivity (Wildman–Crippen MR) is 81.3 cm³/mol. The van der Waals surface area contributed by atoms with Crippen molar-refractivity contribution in [2.45, 2.75) is 25.9 Å². The second-order valence-corrected chi connectivity index (χ2v) is 5.45.